The summed E-state index contributed by atoms with van der Waals surface area (Å²) in [6, 6.07) is 0. The molecule has 0 aliphatic rings. The molecule has 0 aromatic heterocycles. The van der Waals surface area contributed by atoms with Gasteiger partial charge in [-0.1, -0.05) is 6.58 Å². The summed E-state index contributed by atoms with van der Waals surface area (Å²) in [7, 11) is 0. The number of isocyanates is 1. The van der Waals surface area contributed by atoms with E-state index >= 15 is 0 Å². The Morgan fingerprint density at radius 3 is 2.38 bits per heavy atom. The minimum atomic E-state index is 0.545. The van der Waals surface area contributed by atoms with Crippen LogP contribution in [0.5, 0.6) is 0 Å². The molecule has 0 amide bonds. The number of hydrogen-bond donors (Lipinski definition) is 1. The van der Waals surface area contributed by atoms with E-state index in [1.807, 2.05) is 0 Å². The van der Waals surface area contributed by atoms with Gasteiger partial charge in [-0.05, 0) is 6.92 Å². The highest BCUT2D eigenvalue weighted by Crippen LogP contribution is 1.52. The minimum Gasteiger partial charge on any atom is -0.516 e. The van der Waals surface area contributed by atoms with Gasteiger partial charge in [-0.3, -0.25) is 0 Å². The highest BCUT2D eigenvalue weighted by molar-refractivity contribution is 5.32. The molecule has 3 heteroatoms. The highest BCUT2D eigenvalue weighted by Gasteiger charge is 1.52. The standard InChI is InChI=1S/C3H5NO.C2H4O/c1-2-4-3-5;1-2-3/h2H2,1H3;2-3H,1H2. The Morgan fingerprint density at radius 1 is 2.00 bits per heavy atom. The summed E-state index contributed by atoms with van der Waals surface area (Å²) >= 11 is 0. The van der Waals surface area contributed by atoms with Crippen molar-refractivity contribution in [3.63, 3.8) is 0 Å². The van der Waals surface area contributed by atoms with Crippen molar-refractivity contribution in [2.45, 2.75) is 6.92 Å². The molecule has 1 N–H and O–H groups in total. The third-order valence-corrected chi connectivity index (χ3v) is 0.223. The van der Waals surface area contributed by atoms with Crippen LogP contribution in [0.2, 0.25) is 0 Å². The number of carbonyl (C=O) groups excluding carboxylic acids is 1. The van der Waals surface area contributed by atoms with Gasteiger partial charge in [0.1, 0.15) is 0 Å². The third kappa shape index (κ3) is 89.3. The van der Waals surface area contributed by atoms with E-state index in [0.29, 0.717) is 6.54 Å². The maximum atomic E-state index is 9.11. The van der Waals surface area contributed by atoms with Gasteiger partial charge < -0.3 is 5.11 Å². The van der Waals surface area contributed by atoms with E-state index in [0.717, 1.165) is 6.26 Å². The zero-order valence-corrected chi connectivity index (χ0v) is 4.79. The summed E-state index contributed by atoms with van der Waals surface area (Å²) in [5, 5.41) is 7.33. The summed E-state index contributed by atoms with van der Waals surface area (Å²) in [6.07, 6.45) is 2.14. The largest absolute Gasteiger partial charge is 0.516 e. The Hall–Kier alpha value is -1.08. The number of nitrogens with zero attached hydrogens (tertiary/aromatic N) is 1. The SMILES string of the molecule is C=CO.CCN=C=O. The van der Waals surface area contributed by atoms with E-state index in [-0.39, 0.29) is 0 Å². The second kappa shape index (κ2) is 16.8. The van der Waals surface area contributed by atoms with Crippen molar-refractivity contribution in [3.8, 4) is 0 Å². The first-order valence-corrected chi connectivity index (χ1v) is 2.12. The summed E-state index contributed by atoms with van der Waals surface area (Å²) < 4.78 is 0. The lowest BCUT2D eigenvalue weighted by Gasteiger charge is -1.58. The Morgan fingerprint density at radius 2 is 2.38 bits per heavy atom. The van der Waals surface area contributed by atoms with Gasteiger partial charge in [0.15, 0.2) is 0 Å². The van der Waals surface area contributed by atoms with Gasteiger partial charge in [0.25, 0.3) is 0 Å². The predicted molar refractivity (Wildman–Crippen MR) is 31.5 cm³/mol. The Balaban J connectivity index is 0. The van der Waals surface area contributed by atoms with Gasteiger partial charge >= 0.3 is 0 Å². The smallest absolute Gasteiger partial charge is 0.234 e. The molecule has 0 rings (SSSR count). The van der Waals surface area contributed by atoms with Crippen LogP contribution in [0.15, 0.2) is 17.8 Å². The molecule has 0 aliphatic carbocycles. The minimum absolute atomic E-state index is 0.545. The fourth-order valence-corrected chi connectivity index (χ4v) is 0.0645. The summed E-state index contributed by atoms with van der Waals surface area (Å²) in [5.41, 5.74) is 0. The number of aliphatic hydroxyl groups is 1. The fraction of sp³-hybridized carbons (Fsp3) is 0.400. The van der Waals surface area contributed by atoms with E-state index in [1.54, 1.807) is 6.92 Å². The first-order chi connectivity index (χ1) is 3.83. The quantitative estimate of drug-likeness (QED) is 0.315. The average molecular weight is 115 g/mol. The van der Waals surface area contributed by atoms with Crippen molar-refractivity contribution in [1.29, 1.82) is 0 Å². The van der Waals surface area contributed by atoms with Crippen LogP contribution in [-0.4, -0.2) is 17.7 Å². The van der Waals surface area contributed by atoms with E-state index in [2.05, 4.69) is 11.6 Å². The monoisotopic (exact) mass is 115 g/mol. The molecular formula is C5H9NO2. The number of aliphatic imine (C=N–C) groups is 1. The number of hydrogen-bond acceptors (Lipinski definition) is 3. The molecule has 0 heterocycles. The van der Waals surface area contributed by atoms with E-state index in [4.69, 9.17) is 9.90 Å². The second-order valence-electron chi connectivity index (χ2n) is 0.748. The van der Waals surface area contributed by atoms with Gasteiger partial charge in [-0.15, -0.1) is 0 Å². The topological polar surface area (TPSA) is 49.7 Å². The fourth-order valence-electron chi connectivity index (χ4n) is 0.0645. The van der Waals surface area contributed by atoms with Gasteiger partial charge in [-0.25, -0.2) is 9.79 Å². The molecule has 0 saturated carbocycles. The first-order valence-electron chi connectivity index (χ1n) is 2.12. The summed E-state index contributed by atoms with van der Waals surface area (Å²) in [4.78, 5) is 12.3. The molecule has 0 fully saturated rings. The zero-order valence-electron chi connectivity index (χ0n) is 4.79. The molecule has 0 spiro atoms. The second-order valence-corrected chi connectivity index (χ2v) is 0.748. The van der Waals surface area contributed by atoms with Crippen molar-refractivity contribution >= 4 is 6.08 Å². The lowest BCUT2D eigenvalue weighted by Crippen LogP contribution is -1.58. The van der Waals surface area contributed by atoms with E-state index < -0.39 is 0 Å². The molecule has 8 heavy (non-hydrogen) atoms. The molecular weight excluding hydrogens is 106 g/mol. The molecule has 46 valence electrons. The van der Waals surface area contributed by atoms with Crippen LogP contribution in [-0.2, 0) is 4.79 Å². The Kier molecular flexibility index (Phi) is 21.0. The average Bonchev–Trinajstić information content (AvgIpc) is 1.71. The van der Waals surface area contributed by atoms with Crippen LogP contribution in [0.4, 0.5) is 0 Å². The van der Waals surface area contributed by atoms with Crippen molar-refractivity contribution in [3.05, 3.63) is 12.8 Å². The molecule has 0 atom stereocenters. The molecule has 0 radical (unpaired) electrons. The van der Waals surface area contributed by atoms with Crippen LogP contribution >= 0.6 is 0 Å². The van der Waals surface area contributed by atoms with Crippen LogP contribution < -0.4 is 0 Å². The Bertz CT molecular complexity index is 84.4. The number of aliphatic hydroxyl groups excluding tert-OH is 1. The maximum absolute atomic E-state index is 9.11. The summed E-state index contributed by atoms with van der Waals surface area (Å²) in [5.74, 6) is 0. The van der Waals surface area contributed by atoms with Gasteiger partial charge in [-0.2, -0.15) is 0 Å². The zero-order chi connectivity index (χ0) is 6.83. The van der Waals surface area contributed by atoms with Crippen molar-refractivity contribution < 1.29 is 9.90 Å². The highest BCUT2D eigenvalue weighted by atomic mass is 16.2. The molecule has 0 bridgehead atoms. The lowest BCUT2D eigenvalue weighted by atomic mass is 10.8. The van der Waals surface area contributed by atoms with Gasteiger partial charge in [0.2, 0.25) is 6.08 Å². The molecule has 0 aromatic rings. The van der Waals surface area contributed by atoms with Gasteiger partial charge in [0.05, 0.1) is 6.26 Å². The van der Waals surface area contributed by atoms with Crippen LogP contribution in [0, 0.1) is 0 Å². The van der Waals surface area contributed by atoms with Crippen molar-refractivity contribution in [2.75, 3.05) is 6.54 Å². The van der Waals surface area contributed by atoms with Crippen LogP contribution in [0.25, 0.3) is 0 Å². The van der Waals surface area contributed by atoms with Gasteiger partial charge in [0, 0.05) is 6.54 Å². The molecule has 0 aliphatic heterocycles. The first kappa shape index (κ1) is 10.0. The Labute approximate surface area is 48.4 Å². The molecule has 0 aromatic carbocycles. The molecule has 3 nitrogen and oxygen atoms in total. The maximum Gasteiger partial charge on any atom is 0.234 e. The van der Waals surface area contributed by atoms with E-state index in [1.165, 1.54) is 6.08 Å². The van der Waals surface area contributed by atoms with Crippen LogP contribution in [0.1, 0.15) is 6.92 Å². The van der Waals surface area contributed by atoms with E-state index in [9.17, 15) is 0 Å². The van der Waals surface area contributed by atoms with Crippen LogP contribution in [0.3, 0.4) is 0 Å². The molecule has 0 unspecified atom stereocenters. The lowest BCUT2D eigenvalue weighted by molar-refractivity contribution is 0.476. The normalized spacial score (nSPS) is 5.12. The van der Waals surface area contributed by atoms with Crippen molar-refractivity contribution in [2.24, 2.45) is 4.99 Å². The number of rotatable bonds is 1. The van der Waals surface area contributed by atoms with Crippen molar-refractivity contribution in [1.82, 2.24) is 0 Å². The predicted octanol–water partition coefficient (Wildman–Crippen LogP) is 1.03. The summed E-state index contributed by atoms with van der Waals surface area (Å²) in [6.45, 7) is 5.24. The third-order valence-electron chi connectivity index (χ3n) is 0.223. The molecule has 0 saturated heterocycles.